The van der Waals surface area contributed by atoms with Crippen LogP contribution in [0.4, 0.5) is 0 Å². The lowest BCUT2D eigenvalue weighted by Crippen LogP contribution is -2.44. The Morgan fingerprint density at radius 1 is 0.833 bits per heavy atom. The molecule has 30 heavy (non-hydrogen) atoms. The monoisotopic (exact) mass is 397 g/mol. The third kappa shape index (κ3) is 3.84. The first-order valence-electron chi connectivity index (χ1n) is 11.1. The zero-order valence-corrected chi connectivity index (χ0v) is 19.3. The van der Waals surface area contributed by atoms with Crippen LogP contribution in [0, 0.1) is 5.41 Å². The first kappa shape index (κ1) is 20.9. The smallest absolute Gasteiger partial charge is 0.0380 e. The molecule has 0 heterocycles. The number of nitrogens with one attached hydrogen (secondary N) is 1. The Balaban J connectivity index is 1.65. The molecule has 0 saturated carbocycles. The summed E-state index contributed by atoms with van der Waals surface area (Å²) in [7, 11) is 0. The fourth-order valence-corrected chi connectivity index (χ4v) is 4.79. The summed E-state index contributed by atoms with van der Waals surface area (Å²) in [6.07, 6.45) is 10.1. The van der Waals surface area contributed by atoms with Gasteiger partial charge in [0.15, 0.2) is 0 Å². The van der Waals surface area contributed by atoms with Crippen molar-refractivity contribution in [2.45, 2.75) is 58.9 Å². The molecule has 2 aromatic rings. The van der Waals surface area contributed by atoms with Gasteiger partial charge in [0.05, 0.1) is 0 Å². The molecule has 2 aliphatic rings. The average Bonchev–Trinajstić information content (AvgIpc) is 2.71. The van der Waals surface area contributed by atoms with Crippen molar-refractivity contribution in [2.75, 3.05) is 6.54 Å². The zero-order chi connectivity index (χ0) is 21.6. The Kier molecular flexibility index (Phi) is 5.14. The van der Waals surface area contributed by atoms with Crippen LogP contribution in [0.25, 0.3) is 11.1 Å². The molecule has 0 aromatic heterocycles. The molecule has 0 fully saturated rings. The third-order valence-corrected chi connectivity index (χ3v) is 6.85. The van der Waals surface area contributed by atoms with Crippen molar-refractivity contribution < 1.29 is 0 Å². The maximum absolute atomic E-state index is 3.87. The van der Waals surface area contributed by atoms with Gasteiger partial charge >= 0.3 is 0 Å². The van der Waals surface area contributed by atoms with Gasteiger partial charge in [0.2, 0.25) is 0 Å². The fourth-order valence-electron chi connectivity index (χ4n) is 4.79. The zero-order valence-electron chi connectivity index (χ0n) is 19.3. The summed E-state index contributed by atoms with van der Waals surface area (Å²) in [4.78, 5) is 0. The number of hydrogen-bond donors (Lipinski definition) is 1. The Morgan fingerprint density at radius 3 is 2.13 bits per heavy atom. The van der Waals surface area contributed by atoms with Gasteiger partial charge in [-0.1, -0.05) is 101 Å². The second-order valence-corrected chi connectivity index (χ2v) is 10.7. The number of hydrogen-bond acceptors (Lipinski definition) is 1. The first-order chi connectivity index (χ1) is 14.1. The van der Waals surface area contributed by atoms with Crippen LogP contribution in [0.5, 0.6) is 0 Å². The minimum absolute atomic E-state index is 0.0820. The van der Waals surface area contributed by atoms with Crippen LogP contribution in [0.1, 0.15) is 59.1 Å². The molecule has 0 amide bonds. The van der Waals surface area contributed by atoms with Crippen molar-refractivity contribution >= 4 is 11.1 Å². The predicted molar refractivity (Wildman–Crippen MR) is 130 cm³/mol. The van der Waals surface area contributed by atoms with E-state index in [1.165, 1.54) is 32.7 Å². The van der Waals surface area contributed by atoms with E-state index in [1.807, 2.05) is 0 Å². The van der Waals surface area contributed by atoms with Crippen LogP contribution in [-0.4, -0.2) is 6.54 Å². The van der Waals surface area contributed by atoms with Crippen molar-refractivity contribution in [3.63, 3.8) is 0 Å². The molecular weight excluding hydrogens is 362 g/mol. The highest BCUT2D eigenvalue weighted by molar-refractivity contribution is 5.73. The highest BCUT2D eigenvalue weighted by Crippen LogP contribution is 2.40. The Bertz CT molecular complexity index is 1120. The van der Waals surface area contributed by atoms with E-state index in [0.717, 1.165) is 13.0 Å². The van der Waals surface area contributed by atoms with E-state index in [0.29, 0.717) is 0 Å². The molecule has 0 bridgehead atoms. The lowest BCUT2D eigenvalue weighted by molar-refractivity contribution is 0.421. The molecule has 2 aliphatic carbocycles. The highest BCUT2D eigenvalue weighted by Gasteiger charge is 2.32. The minimum Gasteiger partial charge on any atom is -0.304 e. The van der Waals surface area contributed by atoms with Gasteiger partial charge in [0.1, 0.15) is 0 Å². The molecular formula is C29H35N. The number of fused-ring (bicyclic) bond motifs is 2. The van der Waals surface area contributed by atoms with E-state index in [-0.39, 0.29) is 16.4 Å². The minimum atomic E-state index is -0.0917. The largest absolute Gasteiger partial charge is 0.304 e. The van der Waals surface area contributed by atoms with Crippen LogP contribution < -0.4 is 15.8 Å². The molecule has 2 aromatic carbocycles. The van der Waals surface area contributed by atoms with Crippen LogP contribution in [-0.2, 0) is 11.0 Å². The van der Waals surface area contributed by atoms with E-state index in [2.05, 4.69) is 120 Å². The molecule has 1 heteroatoms. The maximum atomic E-state index is 3.87. The summed E-state index contributed by atoms with van der Waals surface area (Å²) < 4.78 is 0. The lowest BCUT2D eigenvalue weighted by Gasteiger charge is -2.36. The quantitative estimate of drug-likeness (QED) is 0.734. The van der Waals surface area contributed by atoms with Crippen molar-refractivity contribution in [1.29, 1.82) is 0 Å². The molecule has 1 N–H and O–H groups in total. The van der Waals surface area contributed by atoms with Gasteiger partial charge in [-0.05, 0) is 58.4 Å². The van der Waals surface area contributed by atoms with Gasteiger partial charge in [0, 0.05) is 17.5 Å². The Labute approximate surface area is 181 Å². The van der Waals surface area contributed by atoms with Gasteiger partial charge in [-0.2, -0.15) is 0 Å². The SMILES string of the molecule is CC12C=CC=CC1=c1ccccc1=C(CNC(C)(C)c1ccc(C(C)(C)C)cc1)C2. The molecule has 4 rings (SSSR count). The van der Waals surface area contributed by atoms with Gasteiger partial charge < -0.3 is 5.32 Å². The first-order valence-corrected chi connectivity index (χ1v) is 11.1. The number of allylic oxidation sites excluding steroid dienone is 4. The molecule has 1 atom stereocenters. The molecule has 0 spiro atoms. The van der Waals surface area contributed by atoms with Crippen LogP contribution in [0.3, 0.4) is 0 Å². The summed E-state index contributed by atoms with van der Waals surface area (Å²) in [5.41, 5.74) is 5.83. The van der Waals surface area contributed by atoms with Crippen molar-refractivity contribution in [2.24, 2.45) is 5.41 Å². The van der Waals surface area contributed by atoms with E-state index < -0.39 is 0 Å². The van der Waals surface area contributed by atoms with E-state index in [4.69, 9.17) is 0 Å². The van der Waals surface area contributed by atoms with Crippen molar-refractivity contribution in [1.82, 2.24) is 5.32 Å². The third-order valence-electron chi connectivity index (χ3n) is 6.85. The second-order valence-electron chi connectivity index (χ2n) is 10.7. The molecule has 0 aliphatic heterocycles. The molecule has 1 nitrogen and oxygen atoms in total. The van der Waals surface area contributed by atoms with Gasteiger partial charge in [0.25, 0.3) is 0 Å². The normalized spacial score (nSPS) is 20.9. The topological polar surface area (TPSA) is 12.0 Å². The summed E-state index contributed by atoms with van der Waals surface area (Å²) in [6.45, 7) is 14.6. The Morgan fingerprint density at radius 2 is 1.47 bits per heavy atom. The lowest BCUT2D eigenvalue weighted by atomic mass is 9.70. The standard InChI is InChI=1S/C29H35N/c1-27(2,3)22-14-16-23(17-15-22)28(4,5)30-20-21-19-29(6)18-10-9-13-26(29)25-12-8-7-11-24(21)25/h7-18,30H,19-20H2,1-6H3. The second kappa shape index (κ2) is 7.39. The molecule has 0 radical (unpaired) electrons. The fraction of sp³-hybridized carbons (Fsp3) is 0.379. The summed E-state index contributed by atoms with van der Waals surface area (Å²) in [5, 5.41) is 6.65. The van der Waals surface area contributed by atoms with Crippen molar-refractivity contribution in [3.05, 3.63) is 94.4 Å². The van der Waals surface area contributed by atoms with E-state index in [9.17, 15) is 0 Å². The number of benzene rings is 2. The van der Waals surface area contributed by atoms with E-state index >= 15 is 0 Å². The number of rotatable bonds is 4. The molecule has 156 valence electrons. The summed E-state index contributed by atoms with van der Waals surface area (Å²) in [6, 6.07) is 18.0. The van der Waals surface area contributed by atoms with Crippen LogP contribution in [0.2, 0.25) is 0 Å². The van der Waals surface area contributed by atoms with Gasteiger partial charge in [-0.25, -0.2) is 0 Å². The predicted octanol–water partition coefficient (Wildman–Crippen LogP) is 5.35. The van der Waals surface area contributed by atoms with Crippen LogP contribution >= 0.6 is 0 Å². The van der Waals surface area contributed by atoms with E-state index in [1.54, 1.807) is 0 Å². The van der Waals surface area contributed by atoms with Crippen molar-refractivity contribution in [3.8, 4) is 0 Å². The van der Waals surface area contributed by atoms with Crippen LogP contribution in [0.15, 0.2) is 72.8 Å². The summed E-state index contributed by atoms with van der Waals surface area (Å²) in [5.74, 6) is 0. The Hall–Kier alpha value is -2.38. The summed E-state index contributed by atoms with van der Waals surface area (Å²) >= 11 is 0. The highest BCUT2D eigenvalue weighted by atomic mass is 15.0. The molecule has 0 saturated heterocycles. The molecule has 1 unspecified atom stereocenters. The van der Waals surface area contributed by atoms with Gasteiger partial charge in [-0.3, -0.25) is 0 Å². The average molecular weight is 398 g/mol. The van der Waals surface area contributed by atoms with Gasteiger partial charge in [-0.15, -0.1) is 0 Å². The maximum Gasteiger partial charge on any atom is 0.0380 e.